The molecule has 1 rings (SSSR count). The molecule has 0 aromatic heterocycles. The molecule has 0 spiro atoms. The van der Waals surface area contributed by atoms with Crippen LogP contribution in [0.3, 0.4) is 0 Å². The Morgan fingerprint density at radius 1 is 1.10 bits per heavy atom. The Bertz CT molecular complexity index is 682. The Kier molecular flexibility index (Phi) is 5.51. The summed E-state index contributed by atoms with van der Waals surface area (Å²) in [7, 11) is -7.91. The van der Waals surface area contributed by atoms with Gasteiger partial charge in [0.2, 0.25) is 20.0 Å². The number of nitrogens with zero attached hydrogens (tertiary/aromatic N) is 1. The van der Waals surface area contributed by atoms with Crippen LogP contribution >= 0.6 is 0 Å². The van der Waals surface area contributed by atoms with Gasteiger partial charge in [-0.15, -0.1) is 0 Å². The van der Waals surface area contributed by atoms with Crippen molar-refractivity contribution in [2.75, 3.05) is 6.26 Å². The summed E-state index contributed by atoms with van der Waals surface area (Å²) in [4.78, 5) is 0. The van der Waals surface area contributed by atoms with Gasteiger partial charge in [-0.2, -0.15) is 4.31 Å². The van der Waals surface area contributed by atoms with Gasteiger partial charge in [-0.25, -0.2) is 22.0 Å². The Labute approximate surface area is 126 Å². The molecule has 1 unspecified atom stereocenters. The molecule has 0 aliphatic heterocycles. The fourth-order valence-corrected chi connectivity index (χ4v) is 5.26. The first-order valence-electron chi connectivity index (χ1n) is 6.27. The van der Waals surface area contributed by atoms with Crippen molar-refractivity contribution in [3.05, 3.63) is 35.4 Å². The highest BCUT2D eigenvalue weighted by Gasteiger charge is 2.37. The van der Waals surface area contributed by atoms with Crippen LogP contribution in [0, 0.1) is 0 Å². The molecule has 0 heterocycles. The first-order valence-corrected chi connectivity index (χ1v) is 9.73. The summed E-state index contributed by atoms with van der Waals surface area (Å²) >= 11 is 0. The zero-order chi connectivity index (χ0) is 16.4. The van der Waals surface area contributed by atoms with Gasteiger partial charge in [-0.3, -0.25) is 0 Å². The van der Waals surface area contributed by atoms with E-state index in [0.717, 1.165) is 16.1 Å². The summed E-state index contributed by atoms with van der Waals surface area (Å²) in [5.41, 5.74) is 6.58. The lowest BCUT2D eigenvalue weighted by Crippen LogP contribution is -2.44. The average molecular weight is 335 g/mol. The van der Waals surface area contributed by atoms with E-state index in [1.807, 2.05) is 0 Å². The van der Waals surface area contributed by atoms with E-state index >= 15 is 0 Å². The van der Waals surface area contributed by atoms with Crippen LogP contribution in [-0.2, 0) is 26.6 Å². The minimum absolute atomic E-state index is 0.286. The predicted molar refractivity (Wildman–Crippen MR) is 82.0 cm³/mol. The molecule has 0 saturated carbocycles. The molecule has 0 aliphatic carbocycles. The third kappa shape index (κ3) is 4.48. The van der Waals surface area contributed by atoms with Gasteiger partial charge in [0, 0.05) is 12.6 Å². The van der Waals surface area contributed by atoms with Gasteiger partial charge < -0.3 is 5.73 Å². The number of nitrogens with two attached hydrogens (primary N) is 2. The molecular formula is C12H21N3O4S2. The van der Waals surface area contributed by atoms with Crippen molar-refractivity contribution in [1.29, 1.82) is 0 Å². The first-order chi connectivity index (χ1) is 9.48. The summed E-state index contributed by atoms with van der Waals surface area (Å²) in [5, 5.41) is 3.80. The van der Waals surface area contributed by atoms with E-state index in [0.29, 0.717) is 6.54 Å². The van der Waals surface area contributed by atoms with Crippen molar-refractivity contribution in [2.24, 2.45) is 10.9 Å². The van der Waals surface area contributed by atoms with Gasteiger partial charge in [0.1, 0.15) is 0 Å². The zero-order valence-electron chi connectivity index (χ0n) is 12.2. The molecular weight excluding hydrogens is 314 g/mol. The van der Waals surface area contributed by atoms with Crippen LogP contribution in [0.5, 0.6) is 0 Å². The number of primary sulfonamides is 1. The fraction of sp³-hybridized carbons (Fsp3) is 0.500. The van der Waals surface area contributed by atoms with E-state index in [-0.39, 0.29) is 5.56 Å². The van der Waals surface area contributed by atoms with E-state index in [9.17, 15) is 16.8 Å². The molecule has 0 saturated heterocycles. The van der Waals surface area contributed by atoms with Crippen LogP contribution in [-0.4, -0.2) is 33.4 Å². The number of hydrogen-bond acceptors (Lipinski definition) is 5. The topological polar surface area (TPSA) is 124 Å². The highest BCUT2D eigenvalue weighted by molar-refractivity contribution is 7.92. The molecule has 7 nitrogen and oxygen atoms in total. The lowest BCUT2D eigenvalue weighted by molar-refractivity contribution is 0.331. The largest absolute Gasteiger partial charge is 0.326 e. The molecule has 0 radical (unpaired) electrons. The molecule has 1 aromatic rings. The van der Waals surface area contributed by atoms with Crippen LogP contribution in [0.2, 0.25) is 0 Å². The third-order valence-electron chi connectivity index (χ3n) is 2.93. The van der Waals surface area contributed by atoms with Crippen molar-refractivity contribution in [3.63, 3.8) is 0 Å². The minimum Gasteiger partial charge on any atom is -0.326 e. The fourth-order valence-electron chi connectivity index (χ4n) is 2.13. The van der Waals surface area contributed by atoms with E-state index in [4.69, 9.17) is 10.9 Å². The van der Waals surface area contributed by atoms with Crippen LogP contribution in [0.1, 0.15) is 30.3 Å². The second kappa shape index (κ2) is 6.41. The highest BCUT2D eigenvalue weighted by Crippen LogP contribution is 2.29. The van der Waals surface area contributed by atoms with Gasteiger partial charge in [0.05, 0.1) is 6.26 Å². The SMILES string of the molecule is CC(C)N(C(c1ccc(CN)cc1)S(N)(=O)=O)S(C)(=O)=O. The smallest absolute Gasteiger partial charge is 0.230 e. The monoisotopic (exact) mass is 335 g/mol. The number of rotatable bonds is 6. The van der Waals surface area contributed by atoms with E-state index in [1.165, 1.54) is 12.1 Å². The van der Waals surface area contributed by atoms with Crippen LogP contribution < -0.4 is 10.9 Å². The molecule has 0 fully saturated rings. The summed E-state index contributed by atoms with van der Waals surface area (Å²) in [5.74, 6) is 0. The predicted octanol–water partition coefficient (Wildman–Crippen LogP) is 0.102. The average Bonchev–Trinajstić information content (AvgIpc) is 2.32. The van der Waals surface area contributed by atoms with Crippen molar-refractivity contribution in [1.82, 2.24) is 4.31 Å². The van der Waals surface area contributed by atoms with Crippen molar-refractivity contribution < 1.29 is 16.8 Å². The van der Waals surface area contributed by atoms with Crippen molar-refractivity contribution in [3.8, 4) is 0 Å². The summed E-state index contributed by atoms with van der Waals surface area (Å²) in [6.07, 6.45) is 0.958. The molecule has 4 N–H and O–H groups in total. The van der Waals surface area contributed by atoms with E-state index in [2.05, 4.69) is 0 Å². The van der Waals surface area contributed by atoms with Gasteiger partial charge in [0.15, 0.2) is 5.37 Å². The zero-order valence-corrected chi connectivity index (χ0v) is 13.9. The van der Waals surface area contributed by atoms with Gasteiger partial charge in [0.25, 0.3) is 0 Å². The summed E-state index contributed by atoms with van der Waals surface area (Å²) < 4.78 is 48.6. The van der Waals surface area contributed by atoms with Gasteiger partial charge in [-0.1, -0.05) is 24.3 Å². The molecule has 21 heavy (non-hydrogen) atoms. The van der Waals surface area contributed by atoms with Gasteiger partial charge in [-0.05, 0) is 25.0 Å². The van der Waals surface area contributed by atoms with Crippen molar-refractivity contribution >= 4 is 20.0 Å². The number of hydrogen-bond donors (Lipinski definition) is 2. The lowest BCUT2D eigenvalue weighted by atomic mass is 10.1. The first kappa shape index (κ1) is 18.1. The number of benzene rings is 1. The normalized spacial score (nSPS) is 14.6. The van der Waals surface area contributed by atoms with Crippen LogP contribution in [0.25, 0.3) is 0 Å². The number of sulfonamides is 2. The standard InChI is InChI=1S/C12H21N3O4S2/c1-9(2)15(20(3,16)17)12(21(14,18)19)11-6-4-10(8-13)5-7-11/h4-7,9,12H,8,13H2,1-3H3,(H2,14,18,19). The van der Waals surface area contributed by atoms with Gasteiger partial charge >= 0.3 is 0 Å². The molecule has 9 heteroatoms. The molecule has 120 valence electrons. The van der Waals surface area contributed by atoms with Crippen LogP contribution in [0.4, 0.5) is 0 Å². The molecule has 1 aromatic carbocycles. The minimum atomic E-state index is -4.15. The van der Waals surface area contributed by atoms with E-state index < -0.39 is 31.5 Å². The Balaban J connectivity index is 3.48. The maximum Gasteiger partial charge on any atom is 0.230 e. The Hall–Kier alpha value is -1.00. The Morgan fingerprint density at radius 2 is 1.57 bits per heavy atom. The second-order valence-corrected chi connectivity index (χ2v) is 8.59. The quantitative estimate of drug-likeness (QED) is 0.763. The maximum atomic E-state index is 11.9. The van der Waals surface area contributed by atoms with E-state index in [1.54, 1.807) is 26.0 Å². The van der Waals surface area contributed by atoms with Crippen molar-refractivity contribution in [2.45, 2.75) is 31.8 Å². The molecule has 0 bridgehead atoms. The molecule has 1 atom stereocenters. The second-order valence-electron chi connectivity index (χ2n) is 5.07. The Morgan fingerprint density at radius 3 is 1.86 bits per heavy atom. The summed E-state index contributed by atoms with van der Waals surface area (Å²) in [6, 6.07) is 5.79. The molecule has 0 amide bonds. The third-order valence-corrected chi connectivity index (χ3v) is 5.59. The summed E-state index contributed by atoms with van der Waals surface area (Å²) in [6.45, 7) is 3.49. The highest BCUT2D eigenvalue weighted by atomic mass is 32.2. The molecule has 0 aliphatic rings. The lowest BCUT2D eigenvalue weighted by Gasteiger charge is -2.31. The van der Waals surface area contributed by atoms with Crippen LogP contribution in [0.15, 0.2) is 24.3 Å². The maximum absolute atomic E-state index is 11.9.